The zero-order valence-corrected chi connectivity index (χ0v) is 15.1. The monoisotopic (exact) mass is 393 g/mol. The summed E-state index contributed by atoms with van der Waals surface area (Å²) in [4.78, 5) is 25.5. The Kier molecular flexibility index (Phi) is 6.23. The molecule has 0 bridgehead atoms. The molecule has 1 aromatic carbocycles. The van der Waals surface area contributed by atoms with Crippen molar-refractivity contribution in [2.45, 2.75) is 32.3 Å². The summed E-state index contributed by atoms with van der Waals surface area (Å²) >= 11 is 0. The largest absolute Gasteiger partial charge is 0.481 e. The van der Waals surface area contributed by atoms with Crippen LogP contribution in [0, 0.1) is 5.92 Å². The van der Waals surface area contributed by atoms with Crippen LogP contribution >= 0.6 is 0 Å². The van der Waals surface area contributed by atoms with E-state index in [4.69, 9.17) is 5.11 Å². The van der Waals surface area contributed by atoms with Gasteiger partial charge in [0, 0.05) is 25.1 Å². The lowest BCUT2D eigenvalue weighted by atomic mass is 9.93. The van der Waals surface area contributed by atoms with E-state index < -0.39 is 12.6 Å². The number of hydrogen-bond donors (Lipinski definition) is 2. The van der Waals surface area contributed by atoms with Gasteiger partial charge in [-0.3, -0.25) is 14.7 Å². The number of carbonyl (C=O) groups excluding carboxylic acids is 1. The zero-order valence-electron chi connectivity index (χ0n) is 15.1. The van der Waals surface area contributed by atoms with Gasteiger partial charge in [-0.25, -0.2) is 0 Å². The Morgan fingerprint density at radius 2 is 2.21 bits per heavy atom. The maximum absolute atomic E-state index is 13.0. The van der Waals surface area contributed by atoms with Crippen molar-refractivity contribution >= 4 is 11.9 Å². The van der Waals surface area contributed by atoms with E-state index in [0.29, 0.717) is 36.3 Å². The molecule has 1 aliphatic rings. The van der Waals surface area contributed by atoms with Gasteiger partial charge in [0.05, 0.1) is 17.5 Å². The van der Waals surface area contributed by atoms with Gasteiger partial charge in [-0.2, -0.15) is 13.9 Å². The molecule has 2 N–H and O–H groups in total. The fourth-order valence-corrected chi connectivity index (χ4v) is 3.48. The Hall–Kier alpha value is -2.97. The second-order valence-corrected chi connectivity index (χ2v) is 6.76. The number of halogens is 2. The number of H-pyrrole nitrogens is 1. The Morgan fingerprint density at radius 1 is 1.39 bits per heavy atom. The zero-order chi connectivity index (χ0) is 20.1. The molecular weight excluding hydrogens is 372 g/mol. The number of carboxylic acids is 1. The minimum absolute atomic E-state index is 0.00722. The van der Waals surface area contributed by atoms with Crippen molar-refractivity contribution in [3.63, 3.8) is 0 Å². The number of amides is 1. The molecule has 1 atom stereocenters. The molecule has 1 amide bonds. The molecule has 1 saturated heterocycles. The number of aromatic nitrogens is 2. The van der Waals surface area contributed by atoms with Crippen LogP contribution < -0.4 is 4.74 Å². The van der Waals surface area contributed by atoms with Gasteiger partial charge >= 0.3 is 12.6 Å². The minimum Gasteiger partial charge on any atom is -0.481 e. The number of alkyl halides is 2. The molecule has 0 spiro atoms. The summed E-state index contributed by atoms with van der Waals surface area (Å²) in [6.45, 7) is -1.86. The van der Waals surface area contributed by atoms with Gasteiger partial charge < -0.3 is 14.7 Å². The molecule has 150 valence electrons. The summed E-state index contributed by atoms with van der Waals surface area (Å²) in [5, 5.41) is 15.6. The van der Waals surface area contributed by atoms with Crippen LogP contribution in [0.4, 0.5) is 8.78 Å². The molecular formula is C19H21F2N3O4. The molecule has 7 nitrogen and oxygen atoms in total. The summed E-state index contributed by atoms with van der Waals surface area (Å²) in [5.41, 5.74) is 1.28. The van der Waals surface area contributed by atoms with Gasteiger partial charge in [0.15, 0.2) is 0 Å². The van der Waals surface area contributed by atoms with Crippen LogP contribution in [0.5, 0.6) is 5.75 Å². The number of aliphatic carboxylic acids is 1. The number of hydrogen-bond acceptors (Lipinski definition) is 4. The molecule has 1 unspecified atom stereocenters. The first-order chi connectivity index (χ1) is 13.4. The number of aromatic amines is 1. The first-order valence-corrected chi connectivity index (χ1v) is 9.03. The van der Waals surface area contributed by atoms with Crippen molar-refractivity contribution < 1.29 is 28.2 Å². The quantitative estimate of drug-likeness (QED) is 0.752. The summed E-state index contributed by atoms with van der Waals surface area (Å²) in [6, 6.07) is 6.06. The minimum atomic E-state index is -2.94. The third-order valence-corrected chi connectivity index (χ3v) is 4.79. The summed E-state index contributed by atoms with van der Waals surface area (Å²) < 4.78 is 29.3. The lowest BCUT2D eigenvalue weighted by Gasteiger charge is -2.32. The highest BCUT2D eigenvalue weighted by molar-refractivity contribution is 5.99. The maximum Gasteiger partial charge on any atom is 0.387 e. The van der Waals surface area contributed by atoms with Gasteiger partial charge in [0.1, 0.15) is 5.75 Å². The molecule has 1 aliphatic heterocycles. The standard InChI is InChI=1S/C19H21F2N3O4/c20-19(21)28-14-5-1-4-13(9-14)17-15(10-22-23-17)18(27)24-8-2-3-12(11-24)6-7-16(25)26/h1,4-5,9-10,12,19H,2-3,6-8,11H2,(H,22,23)(H,25,26). The van der Waals surface area contributed by atoms with Crippen LogP contribution in [0.15, 0.2) is 30.5 Å². The van der Waals surface area contributed by atoms with Crippen molar-refractivity contribution in [2.75, 3.05) is 13.1 Å². The predicted octanol–water partition coefficient (Wildman–Crippen LogP) is 3.40. The smallest absolute Gasteiger partial charge is 0.387 e. The van der Waals surface area contributed by atoms with E-state index in [9.17, 15) is 18.4 Å². The molecule has 3 rings (SSSR count). The molecule has 0 radical (unpaired) electrons. The molecule has 28 heavy (non-hydrogen) atoms. The number of nitrogens with zero attached hydrogens (tertiary/aromatic N) is 2. The Balaban J connectivity index is 1.76. The van der Waals surface area contributed by atoms with Crippen LogP contribution in [0.2, 0.25) is 0 Å². The number of ether oxygens (including phenoxy) is 1. The number of nitrogens with one attached hydrogen (secondary N) is 1. The topological polar surface area (TPSA) is 95.5 Å². The summed E-state index contributed by atoms with van der Waals surface area (Å²) in [7, 11) is 0. The lowest BCUT2D eigenvalue weighted by molar-refractivity contribution is -0.137. The highest BCUT2D eigenvalue weighted by atomic mass is 19.3. The van der Waals surface area contributed by atoms with Gasteiger partial charge in [0.2, 0.25) is 0 Å². The number of piperidine rings is 1. The second-order valence-electron chi connectivity index (χ2n) is 6.76. The second kappa shape index (κ2) is 8.81. The fourth-order valence-electron chi connectivity index (χ4n) is 3.48. The van der Waals surface area contributed by atoms with Crippen molar-refractivity contribution in [1.29, 1.82) is 0 Å². The lowest BCUT2D eigenvalue weighted by Crippen LogP contribution is -2.40. The Morgan fingerprint density at radius 3 is 2.96 bits per heavy atom. The molecule has 2 aromatic rings. The fraction of sp³-hybridized carbons (Fsp3) is 0.421. The molecule has 9 heteroatoms. The van der Waals surface area contributed by atoms with E-state index in [-0.39, 0.29) is 24.0 Å². The normalized spacial score (nSPS) is 17.0. The number of benzene rings is 1. The van der Waals surface area contributed by atoms with E-state index in [2.05, 4.69) is 14.9 Å². The molecule has 1 aromatic heterocycles. The molecule has 2 heterocycles. The molecule has 1 fully saturated rings. The molecule has 0 aliphatic carbocycles. The average Bonchev–Trinajstić information content (AvgIpc) is 3.15. The third-order valence-electron chi connectivity index (χ3n) is 4.79. The van der Waals surface area contributed by atoms with Crippen molar-refractivity contribution in [3.05, 3.63) is 36.0 Å². The first kappa shape index (κ1) is 19.8. The Labute approximate surface area is 160 Å². The third kappa shape index (κ3) is 4.85. The summed E-state index contributed by atoms with van der Waals surface area (Å²) in [5.74, 6) is -0.922. The van der Waals surface area contributed by atoms with Crippen molar-refractivity contribution in [2.24, 2.45) is 5.92 Å². The first-order valence-electron chi connectivity index (χ1n) is 9.03. The average molecular weight is 393 g/mol. The van der Waals surface area contributed by atoms with E-state index in [0.717, 1.165) is 12.8 Å². The van der Waals surface area contributed by atoms with E-state index >= 15 is 0 Å². The highest BCUT2D eigenvalue weighted by Crippen LogP contribution is 2.28. The van der Waals surface area contributed by atoms with Gasteiger partial charge in [-0.05, 0) is 37.3 Å². The summed E-state index contributed by atoms with van der Waals surface area (Å²) in [6.07, 6.45) is 3.73. The van der Waals surface area contributed by atoms with Crippen LogP contribution in [-0.4, -0.2) is 51.8 Å². The van der Waals surface area contributed by atoms with Crippen molar-refractivity contribution in [1.82, 2.24) is 15.1 Å². The van der Waals surface area contributed by atoms with Gasteiger partial charge in [-0.1, -0.05) is 12.1 Å². The van der Waals surface area contributed by atoms with Crippen LogP contribution in [0.3, 0.4) is 0 Å². The van der Waals surface area contributed by atoms with Gasteiger partial charge in [-0.15, -0.1) is 0 Å². The Bertz CT molecular complexity index is 840. The number of carbonyl (C=O) groups is 2. The van der Waals surface area contributed by atoms with E-state index in [1.165, 1.54) is 18.3 Å². The van der Waals surface area contributed by atoms with E-state index in [1.54, 1.807) is 17.0 Å². The van der Waals surface area contributed by atoms with Crippen LogP contribution in [0.25, 0.3) is 11.3 Å². The van der Waals surface area contributed by atoms with Crippen LogP contribution in [-0.2, 0) is 4.79 Å². The van der Waals surface area contributed by atoms with Crippen molar-refractivity contribution in [3.8, 4) is 17.0 Å². The number of likely N-dealkylation sites (tertiary alicyclic amines) is 1. The molecule has 0 saturated carbocycles. The van der Waals surface area contributed by atoms with Gasteiger partial charge in [0.25, 0.3) is 5.91 Å². The maximum atomic E-state index is 13.0. The predicted molar refractivity (Wildman–Crippen MR) is 96.2 cm³/mol. The van der Waals surface area contributed by atoms with E-state index in [1.807, 2.05) is 0 Å². The number of carboxylic acid groups (broad SMARTS) is 1. The SMILES string of the molecule is O=C(O)CCC1CCCN(C(=O)c2cn[nH]c2-c2cccc(OC(F)F)c2)C1. The number of rotatable bonds is 7. The highest BCUT2D eigenvalue weighted by Gasteiger charge is 2.27. The van der Waals surface area contributed by atoms with Crippen LogP contribution in [0.1, 0.15) is 36.0 Å².